The fourth-order valence-corrected chi connectivity index (χ4v) is 3.28. The molecule has 1 atom stereocenters. The van der Waals surface area contributed by atoms with Crippen molar-refractivity contribution in [2.24, 2.45) is 11.3 Å². The second kappa shape index (κ2) is 3.37. The number of hydrogen-bond donors (Lipinski definition) is 1. The summed E-state index contributed by atoms with van der Waals surface area (Å²) in [4.78, 5) is 0. The molecule has 70 valence electrons. The monoisotopic (exact) mass is 167 g/mol. The standard InChI is InChI=1S/C11H21N/c1-2-5-10-8-12-9-11(10)6-3-4-7-11/h10,12H,2-9H2,1H3. The first-order valence-corrected chi connectivity index (χ1v) is 5.58. The Kier molecular flexibility index (Phi) is 2.40. The third kappa shape index (κ3) is 1.28. The van der Waals surface area contributed by atoms with E-state index in [9.17, 15) is 0 Å². The molecule has 1 nitrogen and oxygen atoms in total. The molecule has 1 aliphatic carbocycles. The van der Waals surface area contributed by atoms with E-state index in [1.807, 2.05) is 0 Å². The molecule has 1 N–H and O–H groups in total. The Hall–Kier alpha value is -0.0400. The Morgan fingerprint density at radius 3 is 2.75 bits per heavy atom. The zero-order chi connectivity index (χ0) is 8.44. The van der Waals surface area contributed by atoms with E-state index in [1.165, 1.54) is 51.6 Å². The minimum absolute atomic E-state index is 0.746. The number of hydrogen-bond acceptors (Lipinski definition) is 1. The van der Waals surface area contributed by atoms with Crippen molar-refractivity contribution >= 4 is 0 Å². The van der Waals surface area contributed by atoms with E-state index in [0.29, 0.717) is 0 Å². The van der Waals surface area contributed by atoms with Gasteiger partial charge in [-0.1, -0.05) is 26.2 Å². The summed E-state index contributed by atoms with van der Waals surface area (Å²) in [6.45, 7) is 4.94. The molecule has 1 heteroatoms. The van der Waals surface area contributed by atoms with Gasteiger partial charge in [-0.15, -0.1) is 0 Å². The summed E-state index contributed by atoms with van der Waals surface area (Å²) in [5.74, 6) is 1.00. The van der Waals surface area contributed by atoms with E-state index in [0.717, 1.165) is 11.3 Å². The Morgan fingerprint density at radius 2 is 2.08 bits per heavy atom. The Morgan fingerprint density at radius 1 is 1.33 bits per heavy atom. The predicted molar refractivity (Wildman–Crippen MR) is 52.2 cm³/mol. The minimum atomic E-state index is 0.746. The van der Waals surface area contributed by atoms with Crippen molar-refractivity contribution in [3.63, 3.8) is 0 Å². The molecule has 2 fully saturated rings. The molecule has 0 aromatic carbocycles. The van der Waals surface area contributed by atoms with Gasteiger partial charge < -0.3 is 5.32 Å². The Labute approximate surface area is 75.9 Å². The third-order valence-electron chi connectivity index (χ3n) is 3.97. The van der Waals surface area contributed by atoms with Crippen molar-refractivity contribution < 1.29 is 0 Å². The molecule has 1 heterocycles. The predicted octanol–water partition coefficient (Wildman–Crippen LogP) is 2.57. The largest absolute Gasteiger partial charge is 0.316 e. The number of rotatable bonds is 2. The van der Waals surface area contributed by atoms with Crippen LogP contribution in [0.2, 0.25) is 0 Å². The van der Waals surface area contributed by atoms with Crippen LogP contribution in [0.4, 0.5) is 0 Å². The Bertz CT molecular complexity index is 142. The first-order valence-electron chi connectivity index (χ1n) is 5.58. The van der Waals surface area contributed by atoms with Gasteiger partial charge in [0.25, 0.3) is 0 Å². The summed E-state index contributed by atoms with van der Waals surface area (Å²) in [7, 11) is 0. The smallest absolute Gasteiger partial charge is 0.00111 e. The molecule has 0 bridgehead atoms. The average molecular weight is 167 g/mol. The van der Waals surface area contributed by atoms with Crippen LogP contribution in [0, 0.1) is 11.3 Å². The topological polar surface area (TPSA) is 12.0 Å². The van der Waals surface area contributed by atoms with E-state index in [-0.39, 0.29) is 0 Å². The van der Waals surface area contributed by atoms with E-state index < -0.39 is 0 Å². The van der Waals surface area contributed by atoms with Crippen LogP contribution in [0.3, 0.4) is 0 Å². The fraction of sp³-hybridized carbons (Fsp3) is 1.00. The molecule has 2 rings (SSSR count). The van der Waals surface area contributed by atoms with Gasteiger partial charge in [0, 0.05) is 6.54 Å². The molecule has 2 aliphatic rings. The van der Waals surface area contributed by atoms with Gasteiger partial charge in [-0.2, -0.15) is 0 Å². The highest BCUT2D eigenvalue weighted by Gasteiger charge is 2.43. The zero-order valence-corrected chi connectivity index (χ0v) is 8.23. The van der Waals surface area contributed by atoms with Crippen LogP contribution in [0.25, 0.3) is 0 Å². The zero-order valence-electron chi connectivity index (χ0n) is 8.23. The average Bonchev–Trinajstić information content (AvgIpc) is 2.66. The highest BCUT2D eigenvalue weighted by Crippen LogP contribution is 2.47. The lowest BCUT2D eigenvalue weighted by Gasteiger charge is -2.29. The summed E-state index contributed by atoms with van der Waals surface area (Å²) < 4.78 is 0. The van der Waals surface area contributed by atoms with Crippen LogP contribution < -0.4 is 5.32 Å². The lowest BCUT2D eigenvalue weighted by Crippen LogP contribution is -2.26. The summed E-state index contributed by atoms with van der Waals surface area (Å²) in [5.41, 5.74) is 0.746. The maximum Gasteiger partial charge on any atom is 0.00111 e. The van der Waals surface area contributed by atoms with E-state index in [1.54, 1.807) is 0 Å². The van der Waals surface area contributed by atoms with Crippen LogP contribution in [-0.4, -0.2) is 13.1 Å². The first-order chi connectivity index (χ1) is 5.87. The van der Waals surface area contributed by atoms with Crippen molar-refractivity contribution in [1.29, 1.82) is 0 Å². The Balaban J connectivity index is 2.01. The van der Waals surface area contributed by atoms with Crippen LogP contribution in [0.5, 0.6) is 0 Å². The van der Waals surface area contributed by atoms with Gasteiger partial charge in [0.05, 0.1) is 0 Å². The molecule has 1 aliphatic heterocycles. The van der Waals surface area contributed by atoms with Crippen molar-refractivity contribution in [2.75, 3.05) is 13.1 Å². The van der Waals surface area contributed by atoms with E-state index in [2.05, 4.69) is 12.2 Å². The van der Waals surface area contributed by atoms with Crippen molar-refractivity contribution in [2.45, 2.75) is 45.4 Å². The lowest BCUT2D eigenvalue weighted by atomic mass is 9.75. The van der Waals surface area contributed by atoms with Gasteiger partial charge in [0.1, 0.15) is 0 Å². The third-order valence-corrected chi connectivity index (χ3v) is 3.97. The molecule has 1 saturated carbocycles. The summed E-state index contributed by atoms with van der Waals surface area (Å²) >= 11 is 0. The summed E-state index contributed by atoms with van der Waals surface area (Å²) in [6, 6.07) is 0. The second-order valence-electron chi connectivity index (χ2n) is 4.69. The summed E-state index contributed by atoms with van der Waals surface area (Å²) in [6.07, 6.45) is 8.81. The first kappa shape index (κ1) is 8.55. The van der Waals surface area contributed by atoms with E-state index >= 15 is 0 Å². The molecule has 12 heavy (non-hydrogen) atoms. The highest BCUT2D eigenvalue weighted by atomic mass is 14.9. The van der Waals surface area contributed by atoms with Crippen molar-refractivity contribution in [1.82, 2.24) is 5.32 Å². The number of nitrogens with one attached hydrogen (secondary N) is 1. The van der Waals surface area contributed by atoms with Gasteiger partial charge >= 0.3 is 0 Å². The molecule has 0 aromatic heterocycles. The van der Waals surface area contributed by atoms with Crippen LogP contribution >= 0.6 is 0 Å². The SMILES string of the molecule is CCCC1CNCC12CCCC2. The lowest BCUT2D eigenvalue weighted by molar-refractivity contribution is 0.220. The molecule has 0 amide bonds. The molecule has 1 spiro atoms. The van der Waals surface area contributed by atoms with Gasteiger partial charge in [0.15, 0.2) is 0 Å². The molecule has 0 aromatic rings. The van der Waals surface area contributed by atoms with Gasteiger partial charge in [0.2, 0.25) is 0 Å². The minimum Gasteiger partial charge on any atom is -0.316 e. The quantitative estimate of drug-likeness (QED) is 0.666. The van der Waals surface area contributed by atoms with Crippen LogP contribution in [0.1, 0.15) is 45.4 Å². The molecular weight excluding hydrogens is 146 g/mol. The van der Waals surface area contributed by atoms with Gasteiger partial charge in [-0.25, -0.2) is 0 Å². The van der Waals surface area contributed by atoms with Crippen LogP contribution in [0.15, 0.2) is 0 Å². The molecule has 0 radical (unpaired) electrons. The molecule has 1 saturated heterocycles. The van der Waals surface area contributed by atoms with Gasteiger partial charge in [-0.3, -0.25) is 0 Å². The fourth-order valence-electron chi connectivity index (χ4n) is 3.28. The summed E-state index contributed by atoms with van der Waals surface area (Å²) in [5, 5.41) is 3.59. The second-order valence-corrected chi connectivity index (χ2v) is 4.69. The van der Waals surface area contributed by atoms with Gasteiger partial charge in [-0.05, 0) is 37.1 Å². The highest BCUT2D eigenvalue weighted by molar-refractivity contribution is 4.97. The molecular formula is C11H21N. The maximum atomic E-state index is 3.59. The van der Waals surface area contributed by atoms with Crippen molar-refractivity contribution in [3.05, 3.63) is 0 Å². The maximum absolute atomic E-state index is 3.59. The van der Waals surface area contributed by atoms with Crippen molar-refractivity contribution in [3.8, 4) is 0 Å². The van der Waals surface area contributed by atoms with Crippen LogP contribution in [-0.2, 0) is 0 Å². The normalized spacial score (nSPS) is 33.2. The molecule has 1 unspecified atom stereocenters. The van der Waals surface area contributed by atoms with E-state index in [4.69, 9.17) is 0 Å².